The van der Waals surface area contributed by atoms with Crippen molar-refractivity contribution in [1.82, 2.24) is 20.0 Å². The van der Waals surface area contributed by atoms with E-state index in [0.717, 1.165) is 23.0 Å². The lowest BCUT2D eigenvalue weighted by molar-refractivity contribution is -0.0603. The number of nitrogens with one attached hydrogen (secondary N) is 2. The number of amides is 1. The van der Waals surface area contributed by atoms with Gasteiger partial charge in [0, 0.05) is 24.9 Å². The molecule has 0 atom stereocenters. The second-order valence-corrected chi connectivity index (χ2v) is 4.55. The maximum Gasteiger partial charge on any atom is 0.279 e. The monoisotopic (exact) mass is 303 g/mol. The molecule has 0 unspecified atom stereocenters. The summed E-state index contributed by atoms with van der Waals surface area (Å²) in [7, 11) is 0. The first-order chi connectivity index (χ1) is 10.7. The first kappa shape index (κ1) is 16.0. The van der Waals surface area contributed by atoms with Crippen LogP contribution in [0.15, 0.2) is 18.3 Å². The number of H-pyrrole nitrogens is 1. The highest BCUT2D eigenvalue weighted by atomic mass is 16.5. The van der Waals surface area contributed by atoms with E-state index in [2.05, 4.69) is 20.3 Å². The molecule has 0 aliphatic carbocycles. The highest BCUT2D eigenvalue weighted by Gasteiger charge is 2.25. The van der Waals surface area contributed by atoms with Crippen LogP contribution in [0.5, 0.6) is 0 Å². The van der Waals surface area contributed by atoms with Crippen LogP contribution in [0.25, 0.3) is 11.4 Å². The van der Waals surface area contributed by atoms with E-state index in [-0.39, 0.29) is 5.91 Å². The Hall–Kier alpha value is -2.41. The van der Waals surface area contributed by atoms with Crippen LogP contribution in [0.1, 0.15) is 36.8 Å². The molecule has 0 bridgehead atoms. The van der Waals surface area contributed by atoms with Crippen LogP contribution in [-0.4, -0.2) is 44.2 Å². The number of hydrogen-bond acceptors (Lipinski definition) is 5. The van der Waals surface area contributed by atoms with Crippen LogP contribution in [0.3, 0.4) is 0 Å². The molecular weight excluding hydrogens is 282 g/mol. The Labute approximate surface area is 129 Å². The molecule has 2 aromatic rings. The molecule has 7 nitrogen and oxygen atoms in total. The van der Waals surface area contributed by atoms with Gasteiger partial charge in [-0.1, -0.05) is 13.8 Å². The van der Waals surface area contributed by atoms with Gasteiger partial charge in [-0.15, -0.1) is 0 Å². The van der Waals surface area contributed by atoms with Crippen molar-refractivity contribution in [3.05, 3.63) is 29.6 Å². The maximum absolute atomic E-state index is 11.8. The second-order valence-electron chi connectivity index (χ2n) is 4.55. The molecule has 1 amide bonds. The standard InChI is InChI=1S/C13H15N5O2.C2H6/c1-2-14-13-15-5-3-10(17-13)11-7-8-9(16-11)4-6-18(20)12(8)19;1-2/h3,5,7,16,20H,2,4,6H2,1H3,(H,14,15,17);1-2H3. The van der Waals surface area contributed by atoms with Gasteiger partial charge in [0.25, 0.3) is 5.91 Å². The summed E-state index contributed by atoms with van der Waals surface area (Å²) in [5.41, 5.74) is 2.79. The Balaban J connectivity index is 0.000000847. The number of aromatic amines is 1. The summed E-state index contributed by atoms with van der Waals surface area (Å²) in [6, 6.07) is 3.50. The number of rotatable bonds is 3. The average Bonchev–Trinajstić information content (AvgIpc) is 2.99. The number of hydroxylamine groups is 2. The molecule has 3 heterocycles. The van der Waals surface area contributed by atoms with Crippen LogP contribution in [0.4, 0.5) is 5.95 Å². The fourth-order valence-corrected chi connectivity index (χ4v) is 2.23. The molecule has 118 valence electrons. The largest absolute Gasteiger partial charge is 0.356 e. The summed E-state index contributed by atoms with van der Waals surface area (Å²) in [5, 5.41) is 13.2. The highest BCUT2D eigenvalue weighted by molar-refractivity contribution is 5.97. The van der Waals surface area contributed by atoms with Crippen molar-refractivity contribution in [3.8, 4) is 11.4 Å². The van der Waals surface area contributed by atoms with Gasteiger partial charge in [-0.2, -0.15) is 0 Å². The summed E-state index contributed by atoms with van der Waals surface area (Å²) in [6.45, 7) is 7.01. The van der Waals surface area contributed by atoms with Gasteiger partial charge in [-0.25, -0.2) is 15.0 Å². The third-order valence-electron chi connectivity index (χ3n) is 3.20. The third-order valence-corrected chi connectivity index (χ3v) is 3.20. The molecule has 1 aliphatic rings. The van der Waals surface area contributed by atoms with Gasteiger partial charge in [-0.3, -0.25) is 10.0 Å². The zero-order valence-electron chi connectivity index (χ0n) is 13.1. The SMILES string of the molecule is CC.CCNc1nccc(-c2cc3c([nH]2)CCN(O)C3=O)n1. The van der Waals surface area contributed by atoms with Crippen molar-refractivity contribution in [3.63, 3.8) is 0 Å². The molecule has 0 saturated heterocycles. The van der Waals surface area contributed by atoms with E-state index in [1.54, 1.807) is 18.3 Å². The van der Waals surface area contributed by atoms with Crippen molar-refractivity contribution in [1.29, 1.82) is 0 Å². The van der Waals surface area contributed by atoms with Gasteiger partial charge in [0.1, 0.15) is 0 Å². The van der Waals surface area contributed by atoms with Crippen molar-refractivity contribution in [2.75, 3.05) is 18.4 Å². The normalized spacial score (nSPS) is 13.3. The third kappa shape index (κ3) is 3.09. The first-order valence-corrected chi connectivity index (χ1v) is 7.49. The van der Waals surface area contributed by atoms with E-state index in [9.17, 15) is 10.0 Å². The molecule has 22 heavy (non-hydrogen) atoms. The smallest absolute Gasteiger partial charge is 0.279 e. The van der Waals surface area contributed by atoms with Gasteiger partial charge in [0.2, 0.25) is 5.95 Å². The lowest BCUT2D eigenvalue weighted by Gasteiger charge is -2.19. The average molecular weight is 303 g/mol. The molecule has 0 fully saturated rings. The van der Waals surface area contributed by atoms with Gasteiger partial charge in [0.05, 0.1) is 23.5 Å². The summed E-state index contributed by atoms with van der Waals surface area (Å²) in [4.78, 5) is 23.5. The van der Waals surface area contributed by atoms with E-state index < -0.39 is 0 Å². The Bertz CT molecular complexity index is 653. The summed E-state index contributed by atoms with van der Waals surface area (Å²) < 4.78 is 0. The lowest BCUT2D eigenvalue weighted by atomic mass is 10.1. The molecule has 2 aromatic heterocycles. The fourth-order valence-electron chi connectivity index (χ4n) is 2.23. The van der Waals surface area contributed by atoms with Crippen LogP contribution >= 0.6 is 0 Å². The summed E-state index contributed by atoms with van der Waals surface area (Å²) in [5.74, 6) is 0.169. The highest BCUT2D eigenvalue weighted by Crippen LogP contribution is 2.24. The van der Waals surface area contributed by atoms with Crippen LogP contribution in [-0.2, 0) is 6.42 Å². The summed E-state index contributed by atoms with van der Waals surface area (Å²) in [6.07, 6.45) is 2.27. The number of aromatic nitrogens is 3. The van der Waals surface area contributed by atoms with Crippen LogP contribution in [0.2, 0.25) is 0 Å². The van der Waals surface area contributed by atoms with Crippen molar-refractivity contribution in [2.45, 2.75) is 27.2 Å². The topological polar surface area (TPSA) is 94.1 Å². The minimum atomic E-state index is -0.380. The molecule has 0 radical (unpaired) electrons. The van der Waals surface area contributed by atoms with E-state index in [1.165, 1.54) is 0 Å². The van der Waals surface area contributed by atoms with Crippen LogP contribution in [0, 0.1) is 0 Å². The minimum absolute atomic E-state index is 0.304. The van der Waals surface area contributed by atoms with E-state index >= 15 is 0 Å². The molecule has 1 aliphatic heterocycles. The Kier molecular flexibility index (Phi) is 5.11. The number of fused-ring (bicyclic) bond motifs is 1. The zero-order chi connectivity index (χ0) is 16.1. The van der Waals surface area contributed by atoms with E-state index in [1.807, 2.05) is 20.8 Å². The van der Waals surface area contributed by atoms with Crippen molar-refractivity contribution >= 4 is 11.9 Å². The Morgan fingerprint density at radius 1 is 1.45 bits per heavy atom. The molecule has 7 heteroatoms. The van der Waals surface area contributed by atoms with E-state index in [4.69, 9.17) is 0 Å². The quantitative estimate of drug-likeness (QED) is 0.756. The van der Waals surface area contributed by atoms with Gasteiger partial charge in [-0.05, 0) is 19.1 Å². The molecular formula is C15H21N5O2. The number of carbonyl (C=O) groups is 1. The number of carbonyl (C=O) groups excluding carboxylic acids is 1. The molecule has 0 spiro atoms. The van der Waals surface area contributed by atoms with Crippen LogP contribution < -0.4 is 5.32 Å². The lowest BCUT2D eigenvalue weighted by Crippen LogP contribution is -2.34. The molecule has 0 aromatic carbocycles. The number of anilines is 1. The Morgan fingerprint density at radius 2 is 2.23 bits per heavy atom. The van der Waals surface area contributed by atoms with Crippen molar-refractivity contribution in [2.24, 2.45) is 0 Å². The summed E-state index contributed by atoms with van der Waals surface area (Å²) >= 11 is 0. The van der Waals surface area contributed by atoms with Crippen molar-refractivity contribution < 1.29 is 10.0 Å². The number of nitrogens with zero attached hydrogens (tertiary/aromatic N) is 3. The number of hydrogen-bond donors (Lipinski definition) is 3. The molecule has 3 N–H and O–H groups in total. The Morgan fingerprint density at radius 3 is 2.95 bits per heavy atom. The first-order valence-electron chi connectivity index (χ1n) is 7.49. The van der Waals surface area contributed by atoms with E-state index in [0.29, 0.717) is 30.2 Å². The fraction of sp³-hybridized carbons (Fsp3) is 0.400. The zero-order valence-corrected chi connectivity index (χ0v) is 13.1. The molecule has 3 rings (SSSR count). The van der Waals surface area contributed by atoms with Gasteiger partial charge in [0.15, 0.2) is 0 Å². The van der Waals surface area contributed by atoms with Gasteiger partial charge < -0.3 is 10.3 Å². The predicted octanol–water partition coefficient (Wildman–Crippen LogP) is 2.32. The predicted molar refractivity (Wildman–Crippen MR) is 83.9 cm³/mol. The minimum Gasteiger partial charge on any atom is -0.356 e. The van der Waals surface area contributed by atoms with Gasteiger partial charge >= 0.3 is 0 Å². The molecule has 0 saturated carbocycles. The second kappa shape index (κ2) is 7.04. The maximum atomic E-state index is 11.8.